The van der Waals surface area contributed by atoms with E-state index in [1.807, 2.05) is 30.3 Å². The smallest absolute Gasteiger partial charge is 0.251 e. The Morgan fingerprint density at radius 3 is 2.83 bits per heavy atom. The van der Waals surface area contributed by atoms with E-state index < -0.39 is 0 Å². The number of thioether (sulfide) groups is 2. The number of hydrogen-bond donors (Lipinski definition) is 2. The minimum Gasteiger partial charge on any atom is -0.351 e. The third-order valence-corrected chi connectivity index (χ3v) is 5.11. The van der Waals surface area contributed by atoms with Gasteiger partial charge in [-0.1, -0.05) is 49.0 Å². The topological polar surface area (TPSA) is 74.8 Å². The van der Waals surface area contributed by atoms with Crippen LogP contribution in [0.15, 0.2) is 46.3 Å². The Bertz CT molecular complexity index is 704. The van der Waals surface area contributed by atoms with Gasteiger partial charge in [-0.05, 0) is 17.7 Å². The first kappa shape index (κ1) is 18.6. The van der Waals surface area contributed by atoms with Crippen LogP contribution in [0.4, 0.5) is 0 Å². The summed E-state index contributed by atoms with van der Waals surface area (Å²) < 4.78 is 0. The van der Waals surface area contributed by atoms with E-state index in [0.29, 0.717) is 17.5 Å². The molecule has 1 aromatic carbocycles. The molecule has 0 radical (unpaired) electrons. The molecular formula is C17H21N3O2S2. The van der Waals surface area contributed by atoms with Crippen molar-refractivity contribution < 1.29 is 4.79 Å². The number of benzene rings is 1. The van der Waals surface area contributed by atoms with Gasteiger partial charge in [0, 0.05) is 18.4 Å². The SMILES string of the molecule is CCCSCc1cc(=O)[nH]c(SCC(=O)NCc2ccccc2)n1. The zero-order valence-corrected chi connectivity index (χ0v) is 15.2. The molecular weight excluding hydrogens is 342 g/mol. The van der Waals surface area contributed by atoms with E-state index in [0.717, 1.165) is 23.4 Å². The molecule has 0 unspecified atom stereocenters. The molecule has 1 amide bonds. The maximum Gasteiger partial charge on any atom is 0.251 e. The number of rotatable bonds is 9. The van der Waals surface area contributed by atoms with Gasteiger partial charge in [-0.25, -0.2) is 4.98 Å². The number of nitrogens with zero attached hydrogens (tertiary/aromatic N) is 1. The first-order valence-electron chi connectivity index (χ1n) is 7.78. The summed E-state index contributed by atoms with van der Waals surface area (Å²) in [5.74, 6) is 1.89. The summed E-state index contributed by atoms with van der Waals surface area (Å²) in [5, 5.41) is 3.35. The van der Waals surface area contributed by atoms with Crippen molar-refractivity contribution in [2.75, 3.05) is 11.5 Å². The van der Waals surface area contributed by atoms with Crippen LogP contribution in [0.3, 0.4) is 0 Å². The number of aromatic amines is 1. The zero-order chi connectivity index (χ0) is 17.2. The minimum absolute atomic E-state index is 0.0859. The Kier molecular flexibility index (Phi) is 7.91. The summed E-state index contributed by atoms with van der Waals surface area (Å²) in [6.45, 7) is 2.62. The maximum absolute atomic E-state index is 11.9. The van der Waals surface area contributed by atoms with Crippen LogP contribution in [-0.4, -0.2) is 27.4 Å². The molecule has 0 spiro atoms. The summed E-state index contributed by atoms with van der Waals surface area (Å²) in [4.78, 5) is 30.7. The lowest BCUT2D eigenvalue weighted by Crippen LogP contribution is -2.24. The molecule has 0 fully saturated rings. The van der Waals surface area contributed by atoms with E-state index in [-0.39, 0.29) is 17.2 Å². The molecule has 24 heavy (non-hydrogen) atoms. The number of hydrogen-bond acceptors (Lipinski definition) is 5. The van der Waals surface area contributed by atoms with Gasteiger partial charge in [0.1, 0.15) is 0 Å². The Balaban J connectivity index is 1.82. The molecule has 2 N–H and O–H groups in total. The van der Waals surface area contributed by atoms with E-state index in [2.05, 4.69) is 22.2 Å². The van der Waals surface area contributed by atoms with Crippen LogP contribution in [-0.2, 0) is 17.1 Å². The van der Waals surface area contributed by atoms with Crippen molar-refractivity contribution in [3.05, 3.63) is 58.0 Å². The molecule has 0 aliphatic carbocycles. The normalized spacial score (nSPS) is 10.5. The number of amides is 1. The molecule has 0 saturated heterocycles. The molecule has 2 rings (SSSR count). The van der Waals surface area contributed by atoms with Crippen LogP contribution in [0.2, 0.25) is 0 Å². The quantitative estimate of drug-likeness (QED) is 0.407. The number of carbonyl (C=O) groups excluding carboxylic acids is 1. The Labute approximate surface area is 150 Å². The summed E-state index contributed by atoms with van der Waals surface area (Å²) >= 11 is 2.99. The second-order valence-corrected chi connectivity index (χ2v) is 7.21. The summed E-state index contributed by atoms with van der Waals surface area (Å²) in [7, 11) is 0. The molecule has 0 atom stereocenters. The lowest BCUT2D eigenvalue weighted by molar-refractivity contribution is -0.118. The predicted octanol–water partition coefficient (Wildman–Crippen LogP) is 2.82. The lowest BCUT2D eigenvalue weighted by atomic mass is 10.2. The monoisotopic (exact) mass is 363 g/mol. The lowest BCUT2D eigenvalue weighted by Gasteiger charge is -2.06. The van der Waals surface area contributed by atoms with Crippen molar-refractivity contribution >= 4 is 29.4 Å². The first-order chi connectivity index (χ1) is 11.7. The van der Waals surface area contributed by atoms with Crippen LogP contribution in [0.25, 0.3) is 0 Å². The molecule has 1 heterocycles. The standard InChI is InChI=1S/C17H21N3O2S2/c1-2-8-23-11-14-9-15(21)20-17(19-14)24-12-16(22)18-10-13-6-4-3-5-7-13/h3-7,9H,2,8,10-12H2,1H3,(H,18,22)(H,19,20,21). The van der Waals surface area contributed by atoms with Crippen LogP contribution in [0, 0.1) is 0 Å². The summed E-state index contributed by atoms with van der Waals surface area (Å²) in [5.41, 5.74) is 1.63. The van der Waals surface area contributed by atoms with E-state index in [1.165, 1.54) is 17.8 Å². The highest BCUT2D eigenvalue weighted by Crippen LogP contribution is 2.14. The van der Waals surface area contributed by atoms with Gasteiger partial charge in [0.05, 0.1) is 11.4 Å². The van der Waals surface area contributed by atoms with Crippen LogP contribution < -0.4 is 10.9 Å². The number of H-pyrrole nitrogens is 1. The van der Waals surface area contributed by atoms with Crippen molar-refractivity contribution in [2.24, 2.45) is 0 Å². The molecule has 1 aromatic heterocycles. The van der Waals surface area contributed by atoms with Crippen molar-refractivity contribution in [3.63, 3.8) is 0 Å². The second kappa shape index (κ2) is 10.2. The fourth-order valence-electron chi connectivity index (χ4n) is 1.93. The van der Waals surface area contributed by atoms with E-state index >= 15 is 0 Å². The van der Waals surface area contributed by atoms with Crippen molar-refractivity contribution in [1.82, 2.24) is 15.3 Å². The summed E-state index contributed by atoms with van der Waals surface area (Å²) in [6.07, 6.45) is 1.09. The average molecular weight is 364 g/mol. The summed E-state index contributed by atoms with van der Waals surface area (Å²) in [6, 6.07) is 11.3. The predicted molar refractivity (Wildman–Crippen MR) is 100 cm³/mol. The molecule has 0 aliphatic rings. The Morgan fingerprint density at radius 2 is 2.08 bits per heavy atom. The first-order valence-corrected chi connectivity index (χ1v) is 9.93. The second-order valence-electron chi connectivity index (χ2n) is 5.15. The fourth-order valence-corrected chi connectivity index (χ4v) is 3.44. The van der Waals surface area contributed by atoms with Gasteiger partial charge in [-0.3, -0.25) is 9.59 Å². The Hall–Kier alpha value is -1.73. The van der Waals surface area contributed by atoms with Crippen LogP contribution >= 0.6 is 23.5 Å². The molecule has 2 aromatic rings. The third-order valence-electron chi connectivity index (χ3n) is 3.04. The van der Waals surface area contributed by atoms with Gasteiger partial charge in [0.25, 0.3) is 5.56 Å². The fraction of sp³-hybridized carbons (Fsp3) is 0.353. The van der Waals surface area contributed by atoms with Crippen molar-refractivity contribution in [3.8, 4) is 0 Å². The highest BCUT2D eigenvalue weighted by Gasteiger charge is 2.06. The highest BCUT2D eigenvalue weighted by atomic mass is 32.2. The van der Waals surface area contributed by atoms with E-state index in [9.17, 15) is 9.59 Å². The molecule has 128 valence electrons. The molecule has 0 saturated carbocycles. The molecule has 5 nitrogen and oxygen atoms in total. The number of carbonyl (C=O) groups is 1. The van der Waals surface area contributed by atoms with Crippen LogP contribution in [0.1, 0.15) is 24.6 Å². The van der Waals surface area contributed by atoms with Gasteiger partial charge in [0.2, 0.25) is 5.91 Å². The van der Waals surface area contributed by atoms with Gasteiger partial charge in [0.15, 0.2) is 5.16 Å². The minimum atomic E-state index is -0.177. The maximum atomic E-state index is 11.9. The van der Waals surface area contributed by atoms with Gasteiger partial charge >= 0.3 is 0 Å². The molecule has 0 aliphatic heterocycles. The van der Waals surface area contributed by atoms with Crippen molar-refractivity contribution in [2.45, 2.75) is 30.8 Å². The van der Waals surface area contributed by atoms with E-state index in [4.69, 9.17) is 0 Å². The van der Waals surface area contributed by atoms with Crippen LogP contribution in [0.5, 0.6) is 0 Å². The highest BCUT2D eigenvalue weighted by molar-refractivity contribution is 7.99. The third kappa shape index (κ3) is 6.80. The number of nitrogens with one attached hydrogen (secondary N) is 2. The van der Waals surface area contributed by atoms with Gasteiger partial charge in [-0.2, -0.15) is 11.8 Å². The largest absolute Gasteiger partial charge is 0.351 e. The van der Waals surface area contributed by atoms with Crippen molar-refractivity contribution in [1.29, 1.82) is 0 Å². The molecule has 0 bridgehead atoms. The average Bonchev–Trinajstić information content (AvgIpc) is 2.59. The van der Waals surface area contributed by atoms with Gasteiger partial charge < -0.3 is 10.3 Å². The Morgan fingerprint density at radius 1 is 1.29 bits per heavy atom. The van der Waals surface area contributed by atoms with E-state index in [1.54, 1.807) is 11.8 Å². The zero-order valence-electron chi connectivity index (χ0n) is 13.6. The number of aromatic nitrogens is 2. The molecule has 7 heteroatoms. The van der Waals surface area contributed by atoms with Gasteiger partial charge in [-0.15, -0.1) is 0 Å².